The quantitative estimate of drug-likeness (QED) is 0.188. The Morgan fingerprint density at radius 3 is 2.46 bits per heavy atom. The molecule has 28 heavy (non-hydrogen) atoms. The third-order valence-corrected chi connectivity index (χ3v) is 3.84. The smallest absolute Gasteiger partial charge is 0.269 e. The van der Waals surface area contributed by atoms with E-state index in [2.05, 4.69) is 29.5 Å². The molecule has 0 spiro atoms. The summed E-state index contributed by atoms with van der Waals surface area (Å²) in [6.45, 7) is 6.10. The molecule has 0 bridgehead atoms. The van der Waals surface area contributed by atoms with E-state index in [0.717, 1.165) is 23.4 Å². The van der Waals surface area contributed by atoms with Crippen LogP contribution in [0.3, 0.4) is 0 Å². The molecule has 7 nitrogen and oxygen atoms in total. The minimum atomic E-state index is -0.400. The summed E-state index contributed by atoms with van der Waals surface area (Å²) in [6, 6.07) is 14.3. The van der Waals surface area contributed by atoms with Gasteiger partial charge >= 0.3 is 0 Å². The second-order valence-corrected chi connectivity index (χ2v) is 6.57. The van der Waals surface area contributed by atoms with E-state index in [9.17, 15) is 10.1 Å². The SMILES string of the molecule is COc1cccc(CN=C(NCc2ccc([N+](=O)[O-])cc2)NCC(C)C)c1.I. The van der Waals surface area contributed by atoms with Crippen LogP contribution in [0.5, 0.6) is 5.75 Å². The van der Waals surface area contributed by atoms with Crippen molar-refractivity contribution in [2.75, 3.05) is 13.7 Å². The van der Waals surface area contributed by atoms with Crippen LogP contribution in [0.1, 0.15) is 25.0 Å². The van der Waals surface area contributed by atoms with Gasteiger partial charge in [-0.25, -0.2) is 4.99 Å². The average Bonchev–Trinajstić information content (AvgIpc) is 2.67. The van der Waals surface area contributed by atoms with Gasteiger partial charge in [0.1, 0.15) is 5.75 Å². The van der Waals surface area contributed by atoms with E-state index in [1.165, 1.54) is 12.1 Å². The molecule has 0 amide bonds. The highest BCUT2D eigenvalue weighted by Crippen LogP contribution is 2.13. The van der Waals surface area contributed by atoms with Crippen LogP contribution in [-0.4, -0.2) is 24.5 Å². The van der Waals surface area contributed by atoms with Crippen molar-refractivity contribution < 1.29 is 9.66 Å². The number of nitrogens with zero attached hydrogens (tertiary/aromatic N) is 2. The molecule has 2 N–H and O–H groups in total. The minimum Gasteiger partial charge on any atom is -0.497 e. The Hall–Kier alpha value is -2.36. The standard InChI is InChI=1S/C20H26N4O3.HI/c1-15(2)12-21-20(23-14-17-5-4-6-19(11-17)27-3)22-13-16-7-9-18(10-8-16)24(25)26;/h4-11,15H,12-14H2,1-3H3,(H2,21,22,23);1H. The first-order valence-electron chi connectivity index (χ1n) is 8.86. The topological polar surface area (TPSA) is 88.8 Å². The fourth-order valence-electron chi connectivity index (χ4n) is 2.34. The number of methoxy groups -OCH3 is 1. The highest BCUT2D eigenvalue weighted by molar-refractivity contribution is 14.0. The molecule has 0 heterocycles. The first-order chi connectivity index (χ1) is 13.0. The third-order valence-electron chi connectivity index (χ3n) is 3.84. The fourth-order valence-corrected chi connectivity index (χ4v) is 2.34. The number of hydrogen-bond donors (Lipinski definition) is 2. The predicted octanol–water partition coefficient (Wildman–Crippen LogP) is 4.11. The Bertz CT molecular complexity index is 779. The van der Waals surface area contributed by atoms with E-state index < -0.39 is 4.92 Å². The largest absolute Gasteiger partial charge is 0.497 e. The molecular formula is C20H27IN4O3. The Balaban J connectivity index is 0.00000392. The number of nitro groups is 1. The van der Waals surface area contributed by atoms with Crippen LogP contribution < -0.4 is 15.4 Å². The van der Waals surface area contributed by atoms with Crippen molar-refractivity contribution in [3.63, 3.8) is 0 Å². The maximum Gasteiger partial charge on any atom is 0.269 e. The van der Waals surface area contributed by atoms with Gasteiger partial charge in [-0.15, -0.1) is 24.0 Å². The maximum atomic E-state index is 10.7. The molecule has 2 aromatic rings. The summed E-state index contributed by atoms with van der Waals surface area (Å²) >= 11 is 0. The molecule has 0 saturated heterocycles. The highest BCUT2D eigenvalue weighted by Gasteiger charge is 2.05. The van der Waals surface area contributed by atoms with Crippen LogP contribution in [0.25, 0.3) is 0 Å². The second-order valence-electron chi connectivity index (χ2n) is 6.57. The summed E-state index contributed by atoms with van der Waals surface area (Å²) in [4.78, 5) is 15.0. The molecular weight excluding hydrogens is 471 g/mol. The zero-order chi connectivity index (χ0) is 19.6. The molecule has 2 aromatic carbocycles. The van der Waals surface area contributed by atoms with Crippen LogP contribution in [0, 0.1) is 16.0 Å². The van der Waals surface area contributed by atoms with E-state index in [4.69, 9.17) is 4.74 Å². The van der Waals surface area contributed by atoms with E-state index in [1.807, 2.05) is 24.3 Å². The zero-order valence-electron chi connectivity index (χ0n) is 16.3. The number of nitrogens with one attached hydrogen (secondary N) is 2. The van der Waals surface area contributed by atoms with Crippen LogP contribution in [-0.2, 0) is 13.1 Å². The average molecular weight is 498 g/mol. The lowest BCUT2D eigenvalue weighted by Gasteiger charge is -2.14. The number of hydrogen-bond acceptors (Lipinski definition) is 4. The van der Waals surface area contributed by atoms with Crippen molar-refractivity contribution in [1.82, 2.24) is 10.6 Å². The van der Waals surface area contributed by atoms with Crippen molar-refractivity contribution >= 4 is 35.6 Å². The van der Waals surface area contributed by atoms with Crippen molar-refractivity contribution in [1.29, 1.82) is 0 Å². The van der Waals surface area contributed by atoms with Gasteiger partial charge in [0.05, 0.1) is 18.6 Å². The molecule has 0 aliphatic rings. The summed E-state index contributed by atoms with van der Waals surface area (Å²) in [5.41, 5.74) is 2.08. The van der Waals surface area contributed by atoms with Gasteiger partial charge in [0.15, 0.2) is 5.96 Å². The van der Waals surface area contributed by atoms with Crippen molar-refractivity contribution in [3.05, 3.63) is 69.8 Å². The monoisotopic (exact) mass is 498 g/mol. The van der Waals surface area contributed by atoms with E-state index in [1.54, 1.807) is 19.2 Å². The molecule has 0 atom stereocenters. The molecule has 0 fully saturated rings. The molecule has 0 unspecified atom stereocenters. The molecule has 0 aromatic heterocycles. The molecule has 0 saturated carbocycles. The maximum absolute atomic E-state index is 10.7. The zero-order valence-corrected chi connectivity index (χ0v) is 18.7. The first kappa shape index (κ1) is 23.7. The number of aliphatic imine (C=N–C) groups is 1. The van der Waals surface area contributed by atoms with Crippen LogP contribution >= 0.6 is 24.0 Å². The lowest BCUT2D eigenvalue weighted by atomic mass is 10.2. The number of ether oxygens (including phenoxy) is 1. The summed E-state index contributed by atoms with van der Waals surface area (Å²) in [5.74, 6) is 1.98. The van der Waals surface area contributed by atoms with Gasteiger partial charge in [0.2, 0.25) is 0 Å². The van der Waals surface area contributed by atoms with Gasteiger partial charge in [-0.2, -0.15) is 0 Å². The molecule has 0 radical (unpaired) electrons. The summed E-state index contributed by atoms with van der Waals surface area (Å²) < 4.78 is 5.24. The van der Waals surface area contributed by atoms with E-state index in [-0.39, 0.29) is 29.7 Å². The highest BCUT2D eigenvalue weighted by atomic mass is 127. The van der Waals surface area contributed by atoms with Gasteiger partial charge in [-0.1, -0.05) is 38.1 Å². The van der Waals surface area contributed by atoms with E-state index in [0.29, 0.717) is 25.0 Å². The number of guanidine groups is 1. The summed E-state index contributed by atoms with van der Waals surface area (Å²) in [7, 11) is 1.64. The number of nitro benzene ring substituents is 1. The van der Waals surface area contributed by atoms with Crippen LogP contribution in [0.15, 0.2) is 53.5 Å². The Labute approximate surface area is 182 Å². The van der Waals surface area contributed by atoms with Crippen LogP contribution in [0.4, 0.5) is 5.69 Å². The summed E-state index contributed by atoms with van der Waals surface area (Å²) in [5, 5.41) is 17.3. The molecule has 0 aliphatic heterocycles. The number of halogens is 1. The van der Waals surface area contributed by atoms with Gasteiger partial charge in [0, 0.05) is 25.2 Å². The number of non-ortho nitro benzene ring substituents is 1. The fraction of sp³-hybridized carbons (Fsp3) is 0.350. The lowest BCUT2D eigenvalue weighted by Crippen LogP contribution is -2.38. The van der Waals surface area contributed by atoms with Crippen LogP contribution in [0.2, 0.25) is 0 Å². The Morgan fingerprint density at radius 1 is 1.14 bits per heavy atom. The number of benzene rings is 2. The number of rotatable bonds is 8. The predicted molar refractivity (Wildman–Crippen MR) is 122 cm³/mol. The normalized spacial score (nSPS) is 10.9. The lowest BCUT2D eigenvalue weighted by molar-refractivity contribution is -0.384. The van der Waals surface area contributed by atoms with Crippen molar-refractivity contribution in [2.45, 2.75) is 26.9 Å². The molecule has 152 valence electrons. The van der Waals surface area contributed by atoms with Gasteiger partial charge in [-0.05, 0) is 29.2 Å². The second kappa shape index (κ2) is 12.2. The minimum absolute atomic E-state index is 0. The van der Waals surface area contributed by atoms with Gasteiger partial charge < -0.3 is 15.4 Å². The summed E-state index contributed by atoms with van der Waals surface area (Å²) in [6.07, 6.45) is 0. The van der Waals surface area contributed by atoms with Gasteiger partial charge in [-0.3, -0.25) is 10.1 Å². The van der Waals surface area contributed by atoms with Crippen molar-refractivity contribution in [3.8, 4) is 5.75 Å². The van der Waals surface area contributed by atoms with Gasteiger partial charge in [0.25, 0.3) is 5.69 Å². The Kier molecular flexibility index (Phi) is 10.3. The van der Waals surface area contributed by atoms with Crippen molar-refractivity contribution in [2.24, 2.45) is 10.9 Å². The Morgan fingerprint density at radius 2 is 1.86 bits per heavy atom. The molecule has 8 heteroatoms. The van der Waals surface area contributed by atoms with E-state index >= 15 is 0 Å². The first-order valence-corrected chi connectivity index (χ1v) is 8.86. The molecule has 2 rings (SSSR count). The molecule has 0 aliphatic carbocycles. The third kappa shape index (κ3) is 8.12.